The first kappa shape index (κ1) is 22.4. The van der Waals surface area contributed by atoms with E-state index < -0.39 is 35.7 Å². The maximum atomic E-state index is 13.1. The van der Waals surface area contributed by atoms with Gasteiger partial charge in [0.05, 0.1) is 6.04 Å². The van der Waals surface area contributed by atoms with Gasteiger partial charge >= 0.3 is 12.1 Å². The minimum Gasteiger partial charge on any atom is -0.480 e. The normalized spacial score (nSPS) is 25.6. The number of ether oxygens (including phenoxy) is 2. The summed E-state index contributed by atoms with van der Waals surface area (Å²) < 4.78 is 11.2. The molecule has 0 spiro atoms. The second-order valence-electron chi connectivity index (χ2n) is 9.33. The molecular weight excluding hydrogens is 436 g/mol. The fraction of sp³-hybridized carbons (Fsp3) is 0.423. The van der Waals surface area contributed by atoms with Gasteiger partial charge in [-0.1, -0.05) is 48.5 Å². The number of fused-ring (bicyclic) bond motifs is 3. The molecule has 8 heteroatoms. The molecule has 2 amide bonds. The highest BCUT2D eigenvalue weighted by molar-refractivity contribution is 5.90. The number of carboxylic acids is 1. The third kappa shape index (κ3) is 3.72. The van der Waals surface area contributed by atoms with Gasteiger partial charge in [-0.2, -0.15) is 0 Å². The lowest BCUT2D eigenvalue weighted by atomic mass is 9.98. The Balaban J connectivity index is 1.24. The Labute approximate surface area is 197 Å². The van der Waals surface area contributed by atoms with Gasteiger partial charge in [0.25, 0.3) is 5.91 Å². The van der Waals surface area contributed by atoms with Crippen LogP contribution >= 0.6 is 0 Å². The third-order valence-electron chi connectivity index (χ3n) is 7.35. The number of nitrogens with zero attached hydrogens (tertiary/aromatic N) is 1. The summed E-state index contributed by atoms with van der Waals surface area (Å²) in [4.78, 5) is 39.0. The molecule has 2 heterocycles. The van der Waals surface area contributed by atoms with Crippen LogP contribution in [0.15, 0.2) is 48.5 Å². The van der Waals surface area contributed by atoms with Crippen LogP contribution in [0.1, 0.15) is 43.2 Å². The Morgan fingerprint density at radius 3 is 2.41 bits per heavy atom. The van der Waals surface area contributed by atoms with Crippen LogP contribution in [0.2, 0.25) is 0 Å². The van der Waals surface area contributed by atoms with E-state index in [0.29, 0.717) is 32.4 Å². The van der Waals surface area contributed by atoms with Crippen LogP contribution in [0.4, 0.5) is 4.79 Å². The largest absolute Gasteiger partial charge is 0.480 e. The average Bonchev–Trinajstić information content (AvgIpc) is 3.54. The zero-order chi connectivity index (χ0) is 23.9. The first-order valence-corrected chi connectivity index (χ1v) is 11.7. The van der Waals surface area contributed by atoms with E-state index in [-0.39, 0.29) is 12.5 Å². The molecule has 178 valence electrons. The van der Waals surface area contributed by atoms with Gasteiger partial charge in [-0.05, 0) is 48.4 Å². The van der Waals surface area contributed by atoms with E-state index in [1.54, 1.807) is 6.92 Å². The van der Waals surface area contributed by atoms with E-state index in [0.717, 1.165) is 22.3 Å². The summed E-state index contributed by atoms with van der Waals surface area (Å²) in [7, 11) is 0. The molecule has 2 aliphatic heterocycles. The number of aliphatic carboxylic acids is 1. The van der Waals surface area contributed by atoms with Crippen LogP contribution in [0.3, 0.4) is 0 Å². The van der Waals surface area contributed by atoms with Crippen LogP contribution in [0.5, 0.6) is 0 Å². The fourth-order valence-electron chi connectivity index (χ4n) is 5.46. The number of hydrogen-bond donors (Lipinski definition) is 2. The smallest absolute Gasteiger partial charge is 0.407 e. The van der Waals surface area contributed by atoms with Gasteiger partial charge in [-0.3, -0.25) is 4.79 Å². The Hall–Kier alpha value is -3.39. The summed E-state index contributed by atoms with van der Waals surface area (Å²) in [5.41, 5.74) is 3.28. The van der Waals surface area contributed by atoms with E-state index in [9.17, 15) is 19.5 Å². The van der Waals surface area contributed by atoms with Crippen molar-refractivity contribution < 1.29 is 29.0 Å². The number of nitrogens with one attached hydrogen (secondary N) is 1. The van der Waals surface area contributed by atoms with Gasteiger partial charge in [0.2, 0.25) is 0 Å². The van der Waals surface area contributed by atoms with Crippen molar-refractivity contribution in [1.82, 2.24) is 10.2 Å². The SMILES string of the molecule is C[C@]1(C(=O)O)CCCN1C(=O)[C@H]1OCC[C@H]1NC(=O)OCC1c2ccccc2-c2ccccc21. The van der Waals surface area contributed by atoms with E-state index in [1.165, 1.54) is 4.90 Å². The molecule has 1 aliphatic carbocycles. The van der Waals surface area contributed by atoms with E-state index in [1.807, 2.05) is 24.3 Å². The van der Waals surface area contributed by atoms with E-state index >= 15 is 0 Å². The lowest BCUT2D eigenvalue weighted by Crippen LogP contribution is -2.57. The third-order valence-corrected chi connectivity index (χ3v) is 7.35. The molecule has 0 unspecified atom stereocenters. The highest BCUT2D eigenvalue weighted by Gasteiger charge is 2.50. The van der Waals surface area contributed by atoms with Crippen molar-refractivity contribution in [2.75, 3.05) is 19.8 Å². The number of hydrogen-bond acceptors (Lipinski definition) is 5. The fourth-order valence-corrected chi connectivity index (χ4v) is 5.46. The highest BCUT2D eigenvalue weighted by atomic mass is 16.6. The maximum Gasteiger partial charge on any atom is 0.407 e. The number of carboxylic acid groups (broad SMARTS) is 1. The molecule has 0 bridgehead atoms. The standard InChI is InChI=1S/C26H28N2O6/c1-26(24(30)31)12-6-13-28(26)23(29)22-21(11-14-33-22)27-25(32)34-15-20-18-9-4-2-7-16(18)17-8-3-5-10-19(17)20/h2-5,7-10,20-22H,6,11-15H2,1H3,(H,27,32)(H,30,31)/t21-,22+,26-/m1/s1. The van der Waals surface area contributed by atoms with Crippen molar-refractivity contribution in [3.63, 3.8) is 0 Å². The summed E-state index contributed by atoms with van der Waals surface area (Å²) in [5.74, 6) is -1.49. The number of carbonyl (C=O) groups excluding carboxylic acids is 2. The van der Waals surface area contributed by atoms with Crippen LogP contribution in [0, 0.1) is 0 Å². The minimum atomic E-state index is -1.25. The topological polar surface area (TPSA) is 105 Å². The van der Waals surface area contributed by atoms with E-state index in [2.05, 4.69) is 29.6 Å². The first-order chi connectivity index (χ1) is 16.4. The van der Waals surface area contributed by atoms with Gasteiger partial charge in [-0.15, -0.1) is 0 Å². The second kappa shape index (κ2) is 8.76. The molecule has 5 rings (SSSR count). The summed E-state index contributed by atoms with van der Waals surface area (Å²) in [5, 5.41) is 12.4. The summed E-state index contributed by atoms with van der Waals surface area (Å²) >= 11 is 0. The molecular formula is C26H28N2O6. The Morgan fingerprint density at radius 1 is 1.12 bits per heavy atom. The Morgan fingerprint density at radius 2 is 1.76 bits per heavy atom. The van der Waals surface area contributed by atoms with Crippen molar-refractivity contribution in [3.05, 3.63) is 59.7 Å². The molecule has 0 aromatic heterocycles. The summed E-state index contributed by atoms with van der Waals surface area (Å²) in [6.07, 6.45) is -0.0651. The van der Waals surface area contributed by atoms with Crippen LogP contribution in [-0.4, -0.2) is 65.4 Å². The van der Waals surface area contributed by atoms with Crippen molar-refractivity contribution >= 4 is 18.0 Å². The van der Waals surface area contributed by atoms with Crippen molar-refractivity contribution in [2.24, 2.45) is 0 Å². The monoisotopic (exact) mass is 464 g/mol. The molecule has 0 radical (unpaired) electrons. The van der Waals surface area contributed by atoms with Gasteiger partial charge in [0.1, 0.15) is 12.1 Å². The van der Waals surface area contributed by atoms with E-state index in [4.69, 9.17) is 9.47 Å². The molecule has 2 N–H and O–H groups in total. The molecule has 0 saturated carbocycles. The molecule has 3 atom stereocenters. The lowest BCUT2D eigenvalue weighted by molar-refractivity contribution is -0.159. The predicted octanol–water partition coefficient (Wildman–Crippen LogP) is 3.15. The minimum absolute atomic E-state index is 0.0590. The van der Waals surface area contributed by atoms with Crippen LogP contribution in [0.25, 0.3) is 11.1 Å². The number of likely N-dealkylation sites (tertiary alicyclic amines) is 1. The lowest BCUT2D eigenvalue weighted by Gasteiger charge is -2.34. The molecule has 2 fully saturated rings. The molecule has 34 heavy (non-hydrogen) atoms. The van der Waals surface area contributed by atoms with Crippen molar-refractivity contribution in [2.45, 2.75) is 49.8 Å². The van der Waals surface area contributed by atoms with Crippen molar-refractivity contribution in [3.8, 4) is 11.1 Å². The first-order valence-electron chi connectivity index (χ1n) is 11.7. The quantitative estimate of drug-likeness (QED) is 0.704. The summed E-state index contributed by atoms with van der Waals surface area (Å²) in [6.45, 7) is 2.40. The molecule has 8 nitrogen and oxygen atoms in total. The molecule has 2 aromatic carbocycles. The summed E-state index contributed by atoms with van der Waals surface area (Å²) in [6, 6.07) is 15.6. The van der Waals surface area contributed by atoms with Crippen LogP contribution < -0.4 is 5.32 Å². The average molecular weight is 465 g/mol. The van der Waals surface area contributed by atoms with Gasteiger partial charge in [0, 0.05) is 19.1 Å². The zero-order valence-electron chi connectivity index (χ0n) is 19.0. The van der Waals surface area contributed by atoms with Gasteiger partial charge in [-0.25, -0.2) is 9.59 Å². The molecule has 2 saturated heterocycles. The number of benzene rings is 2. The van der Waals surface area contributed by atoms with Gasteiger partial charge in [0.15, 0.2) is 6.10 Å². The number of carbonyl (C=O) groups is 3. The molecule has 2 aromatic rings. The Bertz CT molecular complexity index is 1090. The number of amides is 2. The zero-order valence-corrected chi connectivity index (χ0v) is 19.0. The van der Waals surface area contributed by atoms with Gasteiger partial charge < -0.3 is 24.8 Å². The highest BCUT2D eigenvalue weighted by Crippen LogP contribution is 2.44. The maximum absolute atomic E-state index is 13.1. The second-order valence-corrected chi connectivity index (χ2v) is 9.33. The van der Waals surface area contributed by atoms with Crippen LogP contribution in [-0.2, 0) is 19.1 Å². The molecule has 3 aliphatic rings. The number of rotatable bonds is 5. The predicted molar refractivity (Wildman–Crippen MR) is 123 cm³/mol. The van der Waals surface area contributed by atoms with Crippen molar-refractivity contribution in [1.29, 1.82) is 0 Å². The number of alkyl carbamates (subject to hydrolysis) is 1. The Kier molecular flexibility index (Phi) is 5.77.